The van der Waals surface area contributed by atoms with E-state index in [4.69, 9.17) is 10.8 Å². The summed E-state index contributed by atoms with van der Waals surface area (Å²) in [6, 6.07) is 4.85. The molecule has 2 rings (SSSR count). The quantitative estimate of drug-likeness (QED) is 0.728. The molecule has 1 aliphatic carbocycles. The molecule has 0 aliphatic heterocycles. The first-order valence-corrected chi connectivity index (χ1v) is 6.94. The molecule has 2 atom stereocenters. The Kier molecular flexibility index (Phi) is 4.30. The highest BCUT2D eigenvalue weighted by molar-refractivity contribution is 5.90. The number of carboxylic acid groups (broad SMARTS) is 1. The summed E-state index contributed by atoms with van der Waals surface area (Å²) >= 11 is 0. The zero-order valence-corrected chi connectivity index (χ0v) is 11.4. The fourth-order valence-electron chi connectivity index (χ4n) is 2.79. The van der Waals surface area contributed by atoms with Gasteiger partial charge >= 0.3 is 5.97 Å². The monoisotopic (exact) mass is 262 g/mol. The van der Waals surface area contributed by atoms with Crippen molar-refractivity contribution in [1.82, 2.24) is 0 Å². The lowest BCUT2D eigenvalue weighted by Gasteiger charge is -2.29. The van der Waals surface area contributed by atoms with Gasteiger partial charge in [-0.1, -0.05) is 26.2 Å². The topological polar surface area (TPSA) is 75.3 Å². The fraction of sp³-hybridized carbons (Fsp3) is 0.533. The molecule has 19 heavy (non-hydrogen) atoms. The van der Waals surface area contributed by atoms with E-state index in [1.807, 2.05) is 0 Å². The first-order chi connectivity index (χ1) is 9.08. The third kappa shape index (κ3) is 3.40. The molecule has 1 aliphatic rings. The molecule has 0 aromatic heterocycles. The first kappa shape index (κ1) is 13.7. The highest BCUT2D eigenvalue weighted by Gasteiger charge is 2.21. The molecule has 0 heterocycles. The number of hydrogen-bond donors (Lipinski definition) is 3. The van der Waals surface area contributed by atoms with E-state index in [1.165, 1.54) is 31.7 Å². The van der Waals surface area contributed by atoms with Crippen molar-refractivity contribution >= 4 is 17.3 Å². The van der Waals surface area contributed by atoms with Gasteiger partial charge in [-0.3, -0.25) is 0 Å². The predicted octanol–water partition coefficient (Wildman–Crippen LogP) is 3.21. The minimum absolute atomic E-state index is 0.231. The van der Waals surface area contributed by atoms with Gasteiger partial charge in [0, 0.05) is 6.54 Å². The van der Waals surface area contributed by atoms with Gasteiger partial charge in [0.2, 0.25) is 0 Å². The maximum Gasteiger partial charge on any atom is 0.335 e. The Bertz CT molecular complexity index is 459. The maximum atomic E-state index is 10.8. The largest absolute Gasteiger partial charge is 0.478 e. The lowest BCUT2D eigenvalue weighted by molar-refractivity contribution is 0.0697. The second kappa shape index (κ2) is 5.95. The fourth-order valence-corrected chi connectivity index (χ4v) is 2.79. The number of carbonyl (C=O) groups is 1. The highest BCUT2D eigenvalue weighted by Crippen LogP contribution is 2.30. The van der Waals surface area contributed by atoms with E-state index >= 15 is 0 Å². The Morgan fingerprint density at radius 1 is 1.42 bits per heavy atom. The normalized spacial score (nSPS) is 23.0. The maximum absolute atomic E-state index is 10.8. The van der Waals surface area contributed by atoms with Gasteiger partial charge < -0.3 is 16.2 Å². The number of rotatable bonds is 4. The number of hydrogen-bond acceptors (Lipinski definition) is 3. The molecular formula is C15H22N2O2. The van der Waals surface area contributed by atoms with E-state index in [-0.39, 0.29) is 5.56 Å². The Labute approximate surface area is 114 Å². The second-order valence-corrected chi connectivity index (χ2v) is 5.51. The molecule has 1 saturated carbocycles. The van der Waals surface area contributed by atoms with Crippen molar-refractivity contribution in [3.8, 4) is 0 Å². The number of nitrogens with one attached hydrogen (secondary N) is 1. The number of carboxylic acids is 1. The third-order valence-corrected chi connectivity index (χ3v) is 4.14. The van der Waals surface area contributed by atoms with Crippen molar-refractivity contribution in [3.63, 3.8) is 0 Å². The van der Waals surface area contributed by atoms with Gasteiger partial charge in [-0.25, -0.2) is 4.79 Å². The zero-order valence-electron chi connectivity index (χ0n) is 11.4. The van der Waals surface area contributed by atoms with Gasteiger partial charge in [-0.05, 0) is 36.5 Å². The van der Waals surface area contributed by atoms with E-state index in [1.54, 1.807) is 12.1 Å². The van der Waals surface area contributed by atoms with Gasteiger partial charge in [0.25, 0.3) is 0 Å². The molecule has 104 valence electrons. The van der Waals surface area contributed by atoms with Crippen LogP contribution in [-0.2, 0) is 0 Å². The third-order valence-electron chi connectivity index (χ3n) is 4.14. The van der Waals surface area contributed by atoms with Crippen LogP contribution >= 0.6 is 0 Å². The van der Waals surface area contributed by atoms with Crippen LogP contribution < -0.4 is 11.1 Å². The van der Waals surface area contributed by atoms with Crippen molar-refractivity contribution in [2.24, 2.45) is 11.8 Å². The number of aromatic carboxylic acids is 1. The van der Waals surface area contributed by atoms with Crippen molar-refractivity contribution in [1.29, 1.82) is 0 Å². The average Bonchev–Trinajstić information content (AvgIpc) is 2.39. The molecule has 0 bridgehead atoms. The molecule has 2 unspecified atom stereocenters. The minimum Gasteiger partial charge on any atom is -0.478 e. The van der Waals surface area contributed by atoms with Crippen molar-refractivity contribution in [2.45, 2.75) is 32.6 Å². The van der Waals surface area contributed by atoms with Crippen LogP contribution in [0.1, 0.15) is 43.0 Å². The molecule has 1 aromatic carbocycles. The highest BCUT2D eigenvalue weighted by atomic mass is 16.4. The smallest absolute Gasteiger partial charge is 0.335 e. The lowest BCUT2D eigenvalue weighted by atomic mass is 9.80. The first-order valence-electron chi connectivity index (χ1n) is 6.94. The molecule has 0 saturated heterocycles. The summed E-state index contributed by atoms with van der Waals surface area (Å²) in [6.45, 7) is 3.22. The van der Waals surface area contributed by atoms with Crippen LogP contribution in [0.2, 0.25) is 0 Å². The predicted molar refractivity (Wildman–Crippen MR) is 77.4 cm³/mol. The van der Waals surface area contributed by atoms with E-state index < -0.39 is 5.97 Å². The summed E-state index contributed by atoms with van der Waals surface area (Å²) in [5, 5.41) is 12.3. The number of nitrogen functional groups attached to an aromatic ring is 1. The standard InChI is InChI=1S/C15H22N2O2/c1-10-4-2-3-5-12(10)9-17-14-7-6-11(15(18)19)8-13(14)16/h6-8,10,12,17H,2-5,9,16H2,1H3,(H,18,19). The molecule has 0 amide bonds. The molecule has 1 fully saturated rings. The van der Waals surface area contributed by atoms with E-state index in [0.717, 1.165) is 18.2 Å². The van der Waals surface area contributed by atoms with E-state index in [2.05, 4.69) is 12.2 Å². The summed E-state index contributed by atoms with van der Waals surface area (Å²) in [5.41, 5.74) is 7.45. The van der Waals surface area contributed by atoms with Crippen molar-refractivity contribution in [3.05, 3.63) is 23.8 Å². The van der Waals surface area contributed by atoms with Crippen LogP contribution in [0, 0.1) is 11.8 Å². The van der Waals surface area contributed by atoms with Gasteiger partial charge in [0.1, 0.15) is 0 Å². The minimum atomic E-state index is -0.945. The summed E-state index contributed by atoms with van der Waals surface area (Å²) in [4.78, 5) is 10.8. The van der Waals surface area contributed by atoms with Crippen LogP contribution in [0.3, 0.4) is 0 Å². The molecule has 4 N–H and O–H groups in total. The Balaban J connectivity index is 1.97. The number of benzene rings is 1. The van der Waals surface area contributed by atoms with Crippen LogP contribution in [0.5, 0.6) is 0 Å². The average molecular weight is 262 g/mol. The Morgan fingerprint density at radius 3 is 2.79 bits per heavy atom. The van der Waals surface area contributed by atoms with Crippen molar-refractivity contribution in [2.75, 3.05) is 17.6 Å². The SMILES string of the molecule is CC1CCCCC1CNc1ccc(C(=O)O)cc1N. The van der Waals surface area contributed by atoms with Crippen molar-refractivity contribution < 1.29 is 9.90 Å². The molecule has 0 spiro atoms. The van der Waals surface area contributed by atoms with E-state index in [9.17, 15) is 4.79 Å². The summed E-state index contributed by atoms with van der Waals surface area (Å²) in [6.07, 6.45) is 5.22. The summed E-state index contributed by atoms with van der Waals surface area (Å²) in [5.74, 6) is 0.493. The van der Waals surface area contributed by atoms with Gasteiger partial charge in [-0.15, -0.1) is 0 Å². The van der Waals surface area contributed by atoms with Crippen LogP contribution in [0.25, 0.3) is 0 Å². The molecular weight excluding hydrogens is 240 g/mol. The zero-order chi connectivity index (χ0) is 13.8. The second-order valence-electron chi connectivity index (χ2n) is 5.51. The molecule has 0 radical (unpaired) electrons. The van der Waals surface area contributed by atoms with Crippen LogP contribution in [0.4, 0.5) is 11.4 Å². The van der Waals surface area contributed by atoms with E-state index in [0.29, 0.717) is 11.6 Å². The van der Waals surface area contributed by atoms with Gasteiger partial charge in [-0.2, -0.15) is 0 Å². The Morgan fingerprint density at radius 2 is 2.16 bits per heavy atom. The van der Waals surface area contributed by atoms with Gasteiger partial charge in [0.05, 0.1) is 16.9 Å². The van der Waals surface area contributed by atoms with Gasteiger partial charge in [0.15, 0.2) is 0 Å². The molecule has 4 nitrogen and oxygen atoms in total. The summed E-state index contributed by atoms with van der Waals surface area (Å²) in [7, 11) is 0. The Hall–Kier alpha value is -1.71. The van der Waals surface area contributed by atoms with Crippen LogP contribution in [0.15, 0.2) is 18.2 Å². The summed E-state index contributed by atoms with van der Waals surface area (Å²) < 4.78 is 0. The number of anilines is 2. The number of nitrogens with two attached hydrogens (primary N) is 1. The molecule has 1 aromatic rings. The van der Waals surface area contributed by atoms with Crippen LogP contribution in [-0.4, -0.2) is 17.6 Å². The molecule has 4 heteroatoms. The lowest BCUT2D eigenvalue weighted by Crippen LogP contribution is -2.24.